The van der Waals surface area contributed by atoms with Crippen molar-refractivity contribution in [1.29, 1.82) is 0 Å². The molecular formula is C28H24FN5O4. The number of benzene rings is 2. The van der Waals surface area contributed by atoms with Gasteiger partial charge in [0.25, 0.3) is 11.1 Å². The topological polar surface area (TPSA) is 107 Å². The van der Waals surface area contributed by atoms with Crippen molar-refractivity contribution in [3.8, 4) is 0 Å². The molecule has 1 N–H and O–H groups in total. The number of nitrogens with zero attached hydrogens (tertiary/aromatic N) is 4. The van der Waals surface area contributed by atoms with E-state index in [-0.39, 0.29) is 49.8 Å². The van der Waals surface area contributed by atoms with Gasteiger partial charge in [-0.25, -0.2) is 14.2 Å². The Labute approximate surface area is 215 Å². The van der Waals surface area contributed by atoms with Gasteiger partial charge in [-0.15, -0.1) is 0 Å². The Morgan fingerprint density at radius 1 is 0.921 bits per heavy atom. The third-order valence-electron chi connectivity index (χ3n) is 6.26. The maximum atomic E-state index is 13.5. The lowest BCUT2D eigenvalue weighted by Crippen LogP contribution is -2.40. The van der Waals surface area contributed by atoms with Crippen molar-refractivity contribution in [2.75, 3.05) is 0 Å². The number of carbonyl (C=O) groups is 1. The number of fused-ring (bicyclic) bond motifs is 2. The molecule has 3 aromatic heterocycles. The van der Waals surface area contributed by atoms with Crippen LogP contribution in [-0.4, -0.2) is 24.4 Å². The average molecular weight is 514 g/mol. The highest BCUT2D eigenvalue weighted by molar-refractivity contribution is 5.78. The van der Waals surface area contributed by atoms with E-state index in [1.165, 1.54) is 27.2 Å². The molecule has 2 aromatic carbocycles. The van der Waals surface area contributed by atoms with E-state index in [2.05, 4.69) is 10.3 Å². The lowest BCUT2D eigenvalue weighted by Gasteiger charge is -2.14. The van der Waals surface area contributed by atoms with Crippen LogP contribution in [0.15, 0.2) is 93.4 Å². The Hall–Kier alpha value is -4.86. The van der Waals surface area contributed by atoms with Crippen LogP contribution in [0.2, 0.25) is 0 Å². The first kappa shape index (κ1) is 24.8. The summed E-state index contributed by atoms with van der Waals surface area (Å²) in [7, 11) is 0. The molecule has 0 saturated heterocycles. The molecule has 5 rings (SSSR count). The smallest absolute Gasteiger partial charge is 0.331 e. The van der Waals surface area contributed by atoms with Crippen molar-refractivity contribution in [1.82, 2.24) is 23.8 Å². The lowest BCUT2D eigenvalue weighted by atomic mass is 10.2. The highest BCUT2D eigenvalue weighted by Gasteiger charge is 2.15. The molecule has 0 saturated carbocycles. The molecule has 0 aliphatic heterocycles. The minimum atomic E-state index is -0.546. The Morgan fingerprint density at radius 2 is 1.68 bits per heavy atom. The third-order valence-corrected chi connectivity index (χ3v) is 6.26. The van der Waals surface area contributed by atoms with Crippen molar-refractivity contribution in [3.63, 3.8) is 0 Å². The molecule has 0 unspecified atom stereocenters. The van der Waals surface area contributed by atoms with E-state index in [1.54, 1.807) is 60.8 Å². The summed E-state index contributed by atoms with van der Waals surface area (Å²) in [6.07, 6.45) is 1.98. The molecule has 0 atom stereocenters. The van der Waals surface area contributed by atoms with Crippen LogP contribution in [0.5, 0.6) is 0 Å². The van der Waals surface area contributed by atoms with Gasteiger partial charge in [-0.05, 0) is 48.4 Å². The van der Waals surface area contributed by atoms with Gasteiger partial charge in [-0.2, -0.15) is 0 Å². The summed E-state index contributed by atoms with van der Waals surface area (Å²) in [4.78, 5) is 56.0. The Morgan fingerprint density at radius 3 is 2.50 bits per heavy atom. The summed E-state index contributed by atoms with van der Waals surface area (Å²) in [6.45, 7) is 0.291. The molecule has 1 amide bonds. The van der Waals surface area contributed by atoms with E-state index < -0.39 is 11.2 Å². The Kier molecular flexibility index (Phi) is 6.94. The molecule has 9 nitrogen and oxygen atoms in total. The van der Waals surface area contributed by atoms with Crippen molar-refractivity contribution in [3.05, 3.63) is 127 Å². The van der Waals surface area contributed by atoms with Crippen LogP contribution in [0, 0.1) is 5.82 Å². The molecular weight excluding hydrogens is 489 g/mol. The minimum Gasteiger partial charge on any atom is -0.352 e. The van der Waals surface area contributed by atoms with Crippen LogP contribution in [-0.2, 0) is 24.4 Å². The number of hydrogen-bond acceptors (Lipinski definition) is 5. The summed E-state index contributed by atoms with van der Waals surface area (Å²) in [5.41, 5.74) is 0.769. The van der Waals surface area contributed by atoms with Gasteiger partial charge in [-0.1, -0.05) is 30.3 Å². The predicted octanol–water partition coefficient (Wildman–Crippen LogP) is 2.46. The standard InChI is InChI=1S/C28H24FN5O4/c29-20-12-10-19(11-13-20)17-30-25(35)9-5-15-33-27(37)22-6-1-2-7-23(22)34(28(33)38)18-21-16-26(36)32-14-4-3-8-24(32)31-21/h1-4,6-8,10-14,16H,5,9,15,17-18H2,(H,30,35). The molecule has 5 aromatic rings. The van der Waals surface area contributed by atoms with Gasteiger partial charge in [0.15, 0.2) is 0 Å². The first-order valence-electron chi connectivity index (χ1n) is 12.1. The van der Waals surface area contributed by atoms with E-state index in [9.17, 15) is 23.6 Å². The summed E-state index contributed by atoms with van der Waals surface area (Å²) < 4.78 is 17.0. The highest BCUT2D eigenvalue weighted by Crippen LogP contribution is 2.10. The zero-order valence-corrected chi connectivity index (χ0v) is 20.3. The lowest BCUT2D eigenvalue weighted by molar-refractivity contribution is -0.121. The molecule has 38 heavy (non-hydrogen) atoms. The predicted molar refractivity (Wildman–Crippen MR) is 141 cm³/mol. The van der Waals surface area contributed by atoms with Crippen LogP contribution < -0.4 is 22.1 Å². The average Bonchev–Trinajstić information content (AvgIpc) is 2.92. The molecule has 0 aliphatic carbocycles. The number of rotatable bonds is 8. The van der Waals surface area contributed by atoms with Crippen LogP contribution in [0.25, 0.3) is 16.6 Å². The van der Waals surface area contributed by atoms with Gasteiger partial charge in [0.2, 0.25) is 5.91 Å². The Balaban J connectivity index is 1.38. The summed E-state index contributed by atoms with van der Waals surface area (Å²) in [5.74, 6) is -0.598. The molecule has 0 aliphatic rings. The SMILES string of the molecule is O=C(CCCn1c(=O)c2ccccc2n(Cc2cc(=O)n3ccccc3n2)c1=O)NCc1ccc(F)cc1. The number of nitrogens with one attached hydrogen (secondary N) is 1. The van der Waals surface area contributed by atoms with E-state index >= 15 is 0 Å². The fourth-order valence-corrected chi connectivity index (χ4v) is 4.36. The summed E-state index contributed by atoms with van der Waals surface area (Å²) in [5, 5.41) is 3.11. The summed E-state index contributed by atoms with van der Waals surface area (Å²) >= 11 is 0. The van der Waals surface area contributed by atoms with Gasteiger partial charge in [-0.3, -0.25) is 27.9 Å². The van der Waals surface area contributed by atoms with Crippen LogP contribution in [0.3, 0.4) is 0 Å². The maximum Gasteiger partial charge on any atom is 0.331 e. The maximum absolute atomic E-state index is 13.5. The molecule has 10 heteroatoms. The number of aromatic nitrogens is 4. The van der Waals surface area contributed by atoms with Crippen LogP contribution >= 0.6 is 0 Å². The van der Waals surface area contributed by atoms with E-state index in [1.807, 2.05) is 0 Å². The zero-order chi connectivity index (χ0) is 26.6. The minimum absolute atomic E-state index is 0.00157. The fraction of sp³-hybridized carbons (Fsp3) is 0.179. The third kappa shape index (κ3) is 5.15. The Bertz CT molecular complexity index is 1820. The van der Waals surface area contributed by atoms with Crippen LogP contribution in [0.4, 0.5) is 4.39 Å². The summed E-state index contributed by atoms with van der Waals surface area (Å²) in [6, 6.07) is 19.2. The number of pyridine rings is 1. The van der Waals surface area contributed by atoms with Crippen molar-refractivity contribution >= 4 is 22.5 Å². The number of para-hydroxylation sites is 1. The van der Waals surface area contributed by atoms with Gasteiger partial charge >= 0.3 is 5.69 Å². The molecule has 0 bridgehead atoms. The van der Waals surface area contributed by atoms with E-state index in [4.69, 9.17) is 0 Å². The second kappa shape index (κ2) is 10.6. The van der Waals surface area contributed by atoms with E-state index in [0.717, 1.165) is 10.1 Å². The number of amides is 1. The monoisotopic (exact) mass is 513 g/mol. The second-order valence-electron chi connectivity index (χ2n) is 8.86. The van der Waals surface area contributed by atoms with Crippen LogP contribution in [0.1, 0.15) is 24.1 Å². The van der Waals surface area contributed by atoms with Crippen molar-refractivity contribution < 1.29 is 9.18 Å². The number of carbonyl (C=O) groups excluding carboxylic acids is 1. The zero-order valence-electron chi connectivity index (χ0n) is 20.3. The normalized spacial score (nSPS) is 11.2. The molecule has 3 heterocycles. The molecule has 192 valence electrons. The molecule has 0 radical (unpaired) electrons. The number of halogens is 1. The number of hydrogen-bond donors (Lipinski definition) is 1. The first-order valence-corrected chi connectivity index (χ1v) is 12.1. The van der Waals surface area contributed by atoms with Gasteiger partial charge < -0.3 is 5.32 Å². The van der Waals surface area contributed by atoms with Crippen molar-refractivity contribution in [2.45, 2.75) is 32.5 Å². The van der Waals surface area contributed by atoms with Crippen molar-refractivity contribution in [2.24, 2.45) is 0 Å². The quantitative estimate of drug-likeness (QED) is 0.343. The van der Waals surface area contributed by atoms with Gasteiger partial charge in [0.1, 0.15) is 11.5 Å². The largest absolute Gasteiger partial charge is 0.352 e. The van der Waals surface area contributed by atoms with Gasteiger partial charge in [0.05, 0.1) is 23.1 Å². The molecule has 0 spiro atoms. The van der Waals surface area contributed by atoms with Gasteiger partial charge in [0, 0.05) is 31.8 Å². The van der Waals surface area contributed by atoms with E-state index in [0.29, 0.717) is 22.2 Å². The highest BCUT2D eigenvalue weighted by atomic mass is 19.1. The fourth-order valence-electron chi connectivity index (χ4n) is 4.36. The first-order chi connectivity index (χ1) is 18.4. The second-order valence-corrected chi connectivity index (χ2v) is 8.86. The molecule has 0 fully saturated rings.